The lowest BCUT2D eigenvalue weighted by molar-refractivity contribution is 0.106. The number of carbonyl (C=O) groups is 1. The number of aryl methyl sites for hydroxylation is 2. The van der Waals surface area contributed by atoms with Crippen LogP contribution in [0.3, 0.4) is 0 Å². The highest BCUT2D eigenvalue weighted by atomic mass is 35.5. The van der Waals surface area contributed by atoms with E-state index in [0.29, 0.717) is 53.5 Å². The zero-order valence-corrected chi connectivity index (χ0v) is 23.8. The molecule has 210 valence electrons. The fourth-order valence-corrected chi connectivity index (χ4v) is 5.16. The number of nitrogens with one attached hydrogen (secondary N) is 1. The lowest BCUT2D eigenvalue weighted by Crippen LogP contribution is -2.38. The summed E-state index contributed by atoms with van der Waals surface area (Å²) >= 11 is 6.47. The maximum atomic E-state index is 11.9. The highest BCUT2D eigenvalue weighted by Crippen LogP contribution is 2.34. The van der Waals surface area contributed by atoms with Crippen molar-refractivity contribution in [3.8, 4) is 28.4 Å². The summed E-state index contributed by atoms with van der Waals surface area (Å²) in [4.78, 5) is 23.6. The van der Waals surface area contributed by atoms with Crippen LogP contribution in [0, 0.1) is 26.7 Å². The summed E-state index contributed by atoms with van der Waals surface area (Å²) in [6, 6.07) is 5.34. The molecule has 0 aliphatic carbocycles. The normalized spacial score (nSPS) is 14.9. The Balaban J connectivity index is 1.69. The molecular weight excluding hydrogens is 522 g/mol. The van der Waals surface area contributed by atoms with Crippen LogP contribution in [-0.2, 0) is 11.2 Å². The Bertz CT molecular complexity index is 1290. The molecule has 1 unspecified atom stereocenters. The average Bonchev–Trinajstić information content (AvgIpc) is 3.26. The van der Waals surface area contributed by atoms with Crippen molar-refractivity contribution in [1.29, 1.82) is 0 Å². The van der Waals surface area contributed by atoms with Gasteiger partial charge in [-0.15, -0.1) is 0 Å². The summed E-state index contributed by atoms with van der Waals surface area (Å²) in [5.74, 6) is 2.08. The first-order valence-corrected chi connectivity index (χ1v) is 13.5. The van der Waals surface area contributed by atoms with E-state index in [-0.39, 0.29) is 12.7 Å². The molecule has 1 aliphatic rings. The molecule has 2 aromatic heterocycles. The van der Waals surface area contributed by atoms with Crippen molar-refractivity contribution in [2.45, 2.75) is 46.1 Å². The molecule has 4 rings (SSSR count). The second kappa shape index (κ2) is 12.8. The topological polar surface area (TPSA) is 123 Å². The van der Waals surface area contributed by atoms with Gasteiger partial charge < -0.3 is 29.3 Å². The Kier molecular flexibility index (Phi) is 9.42. The Morgan fingerprint density at radius 1 is 1.23 bits per heavy atom. The number of amides is 1. The lowest BCUT2D eigenvalue weighted by Gasteiger charge is -2.31. The van der Waals surface area contributed by atoms with Crippen molar-refractivity contribution in [2.75, 3.05) is 40.4 Å². The van der Waals surface area contributed by atoms with Gasteiger partial charge in [-0.05, 0) is 76.8 Å². The van der Waals surface area contributed by atoms with Crippen LogP contribution in [-0.4, -0.2) is 77.7 Å². The number of hydrogen-bond acceptors (Lipinski definition) is 9. The number of likely N-dealkylation sites (tertiary alicyclic amines) is 1. The molecule has 11 heteroatoms. The van der Waals surface area contributed by atoms with Gasteiger partial charge in [0.15, 0.2) is 5.82 Å². The van der Waals surface area contributed by atoms with Gasteiger partial charge in [0.25, 0.3) is 0 Å². The molecule has 1 atom stereocenters. The van der Waals surface area contributed by atoms with E-state index < -0.39 is 6.10 Å². The molecule has 1 amide bonds. The Hall–Kier alpha value is -3.21. The maximum Gasteiger partial charge on any atom is 0.409 e. The predicted octanol–water partition coefficient (Wildman–Crippen LogP) is 4.36. The summed E-state index contributed by atoms with van der Waals surface area (Å²) in [6.07, 6.45) is 1.52. The Labute approximate surface area is 233 Å². The van der Waals surface area contributed by atoms with Crippen LogP contribution in [0.1, 0.15) is 35.6 Å². The zero-order valence-electron chi connectivity index (χ0n) is 23.1. The first kappa shape index (κ1) is 28.8. The van der Waals surface area contributed by atoms with E-state index >= 15 is 0 Å². The monoisotopic (exact) mass is 557 g/mol. The molecule has 3 heterocycles. The van der Waals surface area contributed by atoms with E-state index in [1.807, 2.05) is 26.8 Å². The van der Waals surface area contributed by atoms with Crippen molar-refractivity contribution in [1.82, 2.24) is 25.3 Å². The van der Waals surface area contributed by atoms with Gasteiger partial charge in [0.1, 0.15) is 24.2 Å². The van der Waals surface area contributed by atoms with Crippen LogP contribution in [0.15, 0.2) is 22.7 Å². The first-order chi connectivity index (χ1) is 18.7. The van der Waals surface area contributed by atoms with Gasteiger partial charge in [-0.3, -0.25) is 0 Å². The van der Waals surface area contributed by atoms with Crippen molar-refractivity contribution < 1.29 is 23.9 Å². The van der Waals surface area contributed by atoms with Gasteiger partial charge in [0.05, 0.1) is 24.1 Å². The number of nitrogens with zero attached hydrogens (tertiary/aromatic N) is 4. The average molecular weight is 558 g/mol. The molecule has 1 aromatic carbocycles. The van der Waals surface area contributed by atoms with Crippen LogP contribution in [0.4, 0.5) is 4.79 Å². The van der Waals surface area contributed by atoms with E-state index in [1.165, 1.54) is 7.11 Å². The van der Waals surface area contributed by atoms with Gasteiger partial charge in [0, 0.05) is 35.9 Å². The van der Waals surface area contributed by atoms with E-state index in [4.69, 9.17) is 35.6 Å². The Morgan fingerprint density at radius 2 is 1.97 bits per heavy atom. The Morgan fingerprint density at radius 3 is 2.62 bits per heavy atom. The molecular formula is C28H36ClN5O5. The number of carbonyl (C=O) groups excluding carboxylic acids is 1. The minimum atomic E-state index is -0.656. The summed E-state index contributed by atoms with van der Waals surface area (Å²) in [5, 5.41) is 17.6. The van der Waals surface area contributed by atoms with E-state index in [2.05, 4.69) is 10.5 Å². The van der Waals surface area contributed by atoms with Crippen LogP contribution in [0.2, 0.25) is 5.02 Å². The molecule has 0 spiro atoms. The highest BCUT2D eigenvalue weighted by Gasteiger charge is 2.26. The fourth-order valence-electron chi connectivity index (χ4n) is 4.94. The first-order valence-electron chi connectivity index (χ1n) is 13.1. The zero-order chi connectivity index (χ0) is 28.1. The largest absolute Gasteiger partial charge is 0.491 e. The molecule has 0 saturated carbocycles. The van der Waals surface area contributed by atoms with Gasteiger partial charge >= 0.3 is 6.09 Å². The number of ether oxygens (including phenoxy) is 2. The molecule has 3 aromatic rings. The SMILES string of the molecule is CNCC(O)COc1cc(Cl)cc(-c2nc(CC3CCN(C(=O)OC)CC3)c(C)c(-c3c(C)noc3C)n2)c1. The van der Waals surface area contributed by atoms with Crippen molar-refractivity contribution in [2.24, 2.45) is 5.92 Å². The highest BCUT2D eigenvalue weighted by molar-refractivity contribution is 6.31. The van der Waals surface area contributed by atoms with Gasteiger partial charge in [-0.25, -0.2) is 14.8 Å². The third-order valence-electron chi connectivity index (χ3n) is 7.06. The maximum absolute atomic E-state index is 11.9. The lowest BCUT2D eigenvalue weighted by atomic mass is 9.90. The van der Waals surface area contributed by atoms with Gasteiger partial charge in [-0.1, -0.05) is 16.8 Å². The minimum absolute atomic E-state index is 0.120. The van der Waals surface area contributed by atoms with E-state index in [9.17, 15) is 9.90 Å². The van der Waals surface area contributed by atoms with Gasteiger partial charge in [-0.2, -0.15) is 0 Å². The molecule has 0 bridgehead atoms. The van der Waals surface area contributed by atoms with Crippen molar-refractivity contribution in [3.63, 3.8) is 0 Å². The summed E-state index contributed by atoms with van der Waals surface area (Å²) in [7, 11) is 3.18. The standard InChI is InChI=1S/C28H36ClN5O5/c1-16-24(10-19-6-8-34(9-7-19)28(36)37-5)31-27(32-26(16)25-17(2)33-39-18(25)3)20-11-21(29)13-23(12-20)38-15-22(35)14-30-4/h11-13,19,22,30,35H,6-10,14-15H2,1-5H3. The van der Waals surface area contributed by atoms with E-state index in [1.54, 1.807) is 24.1 Å². The molecule has 1 saturated heterocycles. The van der Waals surface area contributed by atoms with Crippen LogP contribution >= 0.6 is 11.6 Å². The van der Waals surface area contributed by atoms with Crippen molar-refractivity contribution in [3.05, 3.63) is 45.9 Å². The molecule has 0 radical (unpaired) electrons. The fraction of sp³-hybridized carbons (Fsp3) is 0.500. The third-order valence-corrected chi connectivity index (χ3v) is 7.28. The number of likely N-dealkylation sites (N-methyl/N-ethyl adjacent to an activating group) is 1. The predicted molar refractivity (Wildman–Crippen MR) is 148 cm³/mol. The second-order valence-corrected chi connectivity index (χ2v) is 10.4. The molecule has 2 N–H and O–H groups in total. The van der Waals surface area contributed by atoms with Crippen LogP contribution in [0.25, 0.3) is 22.6 Å². The molecule has 1 fully saturated rings. The number of piperidine rings is 1. The van der Waals surface area contributed by atoms with Crippen LogP contribution in [0.5, 0.6) is 5.75 Å². The van der Waals surface area contributed by atoms with Crippen LogP contribution < -0.4 is 10.1 Å². The van der Waals surface area contributed by atoms with Gasteiger partial charge in [0.2, 0.25) is 0 Å². The molecule has 1 aliphatic heterocycles. The van der Waals surface area contributed by atoms with E-state index in [0.717, 1.165) is 47.5 Å². The molecule has 10 nitrogen and oxygen atoms in total. The summed E-state index contributed by atoms with van der Waals surface area (Å²) in [6.45, 7) is 7.64. The third kappa shape index (κ3) is 6.87. The number of aromatic nitrogens is 3. The number of aliphatic hydroxyl groups is 1. The van der Waals surface area contributed by atoms with Crippen molar-refractivity contribution >= 4 is 17.7 Å². The number of hydrogen-bond donors (Lipinski definition) is 2. The number of rotatable bonds is 9. The minimum Gasteiger partial charge on any atom is -0.491 e. The quantitative estimate of drug-likeness (QED) is 0.395. The molecule has 39 heavy (non-hydrogen) atoms. The number of benzene rings is 1. The summed E-state index contributed by atoms with van der Waals surface area (Å²) < 4.78 is 16.2. The number of methoxy groups -OCH3 is 1. The smallest absolute Gasteiger partial charge is 0.409 e. The number of aliphatic hydroxyl groups excluding tert-OH is 1. The summed E-state index contributed by atoms with van der Waals surface area (Å²) in [5.41, 5.74) is 4.98. The number of halogens is 1. The second-order valence-electron chi connectivity index (χ2n) is 9.97.